The van der Waals surface area contributed by atoms with Crippen molar-refractivity contribution in [3.63, 3.8) is 0 Å². The van der Waals surface area contributed by atoms with Crippen LogP contribution in [0, 0.1) is 0 Å². The maximum absolute atomic E-state index is 13.5. The summed E-state index contributed by atoms with van der Waals surface area (Å²) in [5, 5.41) is 1.94. The molecular weight excluding hydrogens is 390 g/mol. The van der Waals surface area contributed by atoms with Crippen LogP contribution in [-0.4, -0.2) is 24.4 Å². The first-order chi connectivity index (χ1) is 13.8. The number of hydrogen-bond donors (Lipinski definition) is 0. The molecule has 2 aliphatic heterocycles. The second kappa shape index (κ2) is 7.53. The number of thioether (sulfide) groups is 1. The van der Waals surface area contributed by atoms with Crippen LogP contribution >= 0.6 is 23.1 Å². The van der Waals surface area contributed by atoms with Crippen molar-refractivity contribution in [2.24, 2.45) is 0 Å². The van der Waals surface area contributed by atoms with E-state index in [-0.39, 0.29) is 11.2 Å². The Labute approximate surface area is 172 Å². The quantitative estimate of drug-likeness (QED) is 0.622. The Morgan fingerprint density at radius 1 is 1.04 bits per heavy atom. The molecule has 1 amide bonds. The van der Waals surface area contributed by atoms with Gasteiger partial charge in [0.1, 0.15) is 13.2 Å². The van der Waals surface area contributed by atoms with Gasteiger partial charge in [-0.05, 0) is 41.6 Å². The molecule has 1 aromatic heterocycles. The Morgan fingerprint density at radius 3 is 2.71 bits per heavy atom. The molecule has 3 heterocycles. The van der Waals surface area contributed by atoms with Crippen LogP contribution in [0.2, 0.25) is 0 Å². The van der Waals surface area contributed by atoms with Crippen LogP contribution in [0.5, 0.6) is 11.5 Å². The highest BCUT2D eigenvalue weighted by molar-refractivity contribution is 8.01. The summed E-state index contributed by atoms with van der Waals surface area (Å²) in [5.41, 5.74) is 2.10. The maximum Gasteiger partial charge on any atom is 0.241 e. The number of hydrogen-bond acceptors (Lipinski definition) is 5. The van der Waals surface area contributed by atoms with Crippen molar-refractivity contribution in [2.75, 3.05) is 18.1 Å². The van der Waals surface area contributed by atoms with Gasteiger partial charge in [0.25, 0.3) is 0 Å². The third-order valence-corrected chi connectivity index (χ3v) is 7.09. The van der Waals surface area contributed by atoms with Crippen LogP contribution in [0.25, 0.3) is 0 Å². The average Bonchev–Trinajstić information content (AvgIpc) is 3.40. The van der Waals surface area contributed by atoms with Crippen molar-refractivity contribution < 1.29 is 14.3 Å². The van der Waals surface area contributed by atoms with Crippen LogP contribution in [0.15, 0.2) is 64.9 Å². The molecule has 2 aromatic carbocycles. The summed E-state index contributed by atoms with van der Waals surface area (Å²) in [6.07, 6.45) is 0.769. The largest absolute Gasteiger partial charge is 0.486 e. The summed E-state index contributed by atoms with van der Waals surface area (Å²) in [7, 11) is 0. The fourth-order valence-corrected chi connectivity index (χ4v) is 5.50. The molecule has 0 unspecified atom stereocenters. The predicted molar refractivity (Wildman–Crippen MR) is 113 cm³/mol. The molecule has 28 heavy (non-hydrogen) atoms. The van der Waals surface area contributed by atoms with Gasteiger partial charge in [-0.25, -0.2) is 0 Å². The van der Waals surface area contributed by atoms with Gasteiger partial charge in [0.15, 0.2) is 11.5 Å². The molecule has 1 atom stereocenters. The minimum atomic E-state index is -0.106. The summed E-state index contributed by atoms with van der Waals surface area (Å²) >= 11 is 3.33. The molecule has 0 N–H and O–H groups in total. The van der Waals surface area contributed by atoms with Gasteiger partial charge in [-0.2, -0.15) is 0 Å². The van der Waals surface area contributed by atoms with Crippen molar-refractivity contribution in [3.8, 4) is 11.5 Å². The number of carbonyl (C=O) groups is 1. The van der Waals surface area contributed by atoms with Gasteiger partial charge >= 0.3 is 0 Å². The smallest absolute Gasteiger partial charge is 0.241 e. The van der Waals surface area contributed by atoms with Crippen LogP contribution < -0.4 is 14.4 Å². The number of benzene rings is 2. The number of amides is 1. The molecule has 3 aromatic rings. The van der Waals surface area contributed by atoms with E-state index < -0.39 is 0 Å². The van der Waals surface area contributed by atoms with Gasteiger partial charge in [0, 0.05) is 21.5 Å². The summed E-state index contributed by atoms with van der Waals surface area (Å²) in [6, 6.07) is 18.1. The first-order valence-corrected chi connectivity index (χ1v) is 11.0. The average molecular weight is 410 g/mol. The topological polar surface area (TPSA) is 38.8 Å². The normalized spacial score (nSPS) is 17.2. The minimum Gasteiger partial charge on any atom is -0.486 e. The van der Waals surface area contributed by atoms with E-state index in [0.29, 0.717) is 25.5 Å². The van der Waals surface area contributed by atoms with Crippen molar-refractivity contribution in [1.29, 1.82) is 0 Å². The fourth-order valence-electron chi connectivity index (χ4n) is 3.55. The molecule has 2 aliphatic rings. The highest BCUT2D eigenvalue weighted by Crippen LogP contribution is 2.40. The number of nitrogens with zero attached hydrogens (tertiary/aromatic N) is 1. The Kier molecular flexibility index (Phi) is 4.74. The SMILES string of the molecule is O=C([C@H]1Cc2ccccc2S1)N(Cc1cccs1)c1ccc2c(c1)OCCO2. The lowest BCUT2D eigenvalue weighted by Gasteiger charge is -2.27. The molecule has 0 spiro atoms. The van der Waals surface area contributed by atoms with Gasteiger partial charge in [-0.1, -0.05) is 24.3 Å². The lowest BCUT2D eigenvalue weighted by molar-refractivity contribution is -0.118. The van der Waals surface area contributed by atoms with E-state index >= 15 is 0 Å². The summed E-state index contributed by atoms with van der Waals surface area (Å²) < 4.78 is 11.4. The molecule has 5 rings (SSSR count). The second-order valence-electron chi connectivity index (χ2n) is 6.75. The van der Waals surface area contributed by atoms with E-state index in [1.54, 1.807) is 23.1 Å². The molecule has 0 fully saturated rings. The third-order valence-electron chi connectivity index (χ3n) is 4.92. The standard InChI is InChI=1S/C22H19NO3S2/c24-22(21-12-15-4-1-2-6-20(15)28-21)23(14-17-5-3-11-27-17)16-7-8-18-19(13-16)26-10-9-25-18/h1-8,11,13,21H,9-10,12,14H2/t21-/m1/s1. The predicted octanol–water partition coefficient (Wildman–Crippen LogP) is 4.77. The monoisotopic (exact) mass is 409 g/mol. The maximum atomic E-state index is 13.5. The van der Waals surface area contributed by atoms with Gasteiger partial charge in [0.2, 0.25) is 5.91 Å². The van der Waals surface area contributed by atoms with Crippen LogP contribution in [-0.2, 0) is 17.8 Å². The number of rotatable bonds is 4. The van der Waals surface area contributed by atoms with E-state index in [1.165, 1.54) is 10.5 Å². The second-order valence-corrected chi connectivity index (χ2v) is 9.03. The zero-order valence-electron chi connectivity index (χ0n) is 15.2. The summed E-state index contributed by atoms with van der Waals surface area (Å²) in [5.74, 6) is 1.57. The van der Waals surface area contributed by atoms with Gasteiger partial charge in [0.05, 0.1) is 11.8 Å². The molecule has 0 saturated heterocycles. The minimum absolute atomic E-state index is 0.106. The van der Waals surface area contributed by atoms with Crippen molar-refractivity contribution >= 4 is 34.7 Å². The lowest BCUT2D eigenvalue weighted by atomic mass is 10.1. The van der Waals surface area contributed by atoms with E-state index in [9.17, 15) is 4.79 Å². The first-order valence-electron chi connectivity index (χ1n) is 9.26. The number of carbonyl (C=O) groups excluding carboxylic acids is 1. The first kappa shape index (κ1) is 17.6. The number of fused-ring (bicyclic) bond motifs is 2. The van der Waals surface area contributed by atoms with Crippen LogP contribution in [0.4, 0.5) is 5.69 Å². The van der Waals surface area contributed by atoms with E-state index in [0.717, 1.165) is 22.7 Å². The molecular formula is C22H19NO3S2. The summed E-state index contributed by atoms with van der Waals surface area (Å²) in [4.78, 5) is 17.8. The number of thiophene rings is 1. The van der Waals surface area contributed by atoms with Crippen molar-refractivity contribution in [2.45, 2.75) is 23.1 Å². The van der Waals surface area contributed by atoms with Gasteiger partial charge in [-0.15, -0.1) is 23.1 Å². The Balaban J connectivity index is 1.46. The summed E-state index contributed by atoms with van der Waals surface area (Å²) in [6.45, 7) is 1.65. The van der Waals surface area contributed by atoms with Gasteiger partial charge < -0.3 is 14.4 Å². The molecule has 0 radical (unpaired) electrons. The highest BCUT2D eigenvalue weighted by Gasteiger charge is 2.32. The molecule has 142 valence electrons. The lowest BCUT2D eigenvalue weighted by Crippen LogP contribution is -2.37. The highest BCUT2D eigenvalue weighted by atomic mass is 32.2. The molecule has 0 bridgehead atoms. The molecule has 4 nitrogen and oxygen atoms in total. The van der Waals surface area contributed by atoms with Crippen LogP contribution in [0.3, 0.4) is 0 Å². The molecule has 0 aliphatic carbocycles. The zero-order chi connectivity index (χ0) is 18.9. The number of anilines is 1. The molecule has 0 saturated carbocycles. The Hall–Kier alpha value is -2.44. The zero-order valence-corrected chi connectivity index (χ0v) is 16.8. The Bertz CT molecular complexity index is 978. The Morgan fingerprint density at radius 2 is 1.89 bits per heavy atom. The van der Waals surface area contributed by atoms with Crippen LogP contribution in [0.1, 0.15) is 10.4 Å². The van der Waals surface area contributed by atoms with Crippen molar-refractivity contribution in [3.05, 3.63) is 70.4 Å². The van der Waals surface area contributed by atoms with E-state index in [1.807, 2.05) is 46.7 Å². The van der Waals surface area contributed by atoms with Gasteiger partial charge in [-0.3, -0.25) is 4.79 Å². The third kappa shape index (κ3) is 3.38. The van der Waals surface area contributed by atoms with Crippen molar-refractivity contribution in [1.82, 2.24) is 0 Å². The molecule has 6 heteroatoms. The number of ether oxygens (including phenoxy) is 2. The van der Waals surface area contributed by atoms with E-state index in [2.05, 4.69) is 18.2 Å². The van der Waals surface area contributed by atoms with E-state index in [4.69, 9.17) is 9.47 Å². The fraction of sp³-hybridized carbons (Fsp3) is 0.227.